The molecule has 15 heavy (non-hydrogen) atoms. The predicted octanol–water partition coefficient (Wildman–Crippen LogP) is 1.26. The molecular weight excluding hydrogens is 196 g/mol. The zero-order valence-electron chi connectivity index (χ0n) is 8.86. The van der Waals surface area contributed by atoms with Crippen molar-refractivity contribution in [3.8, 4) is 0 Å². The first-order valence-electron chi connectivity index (χ1n) is 5.23. The first kappa shape index (κ1) is 10.2. The molecule has 2 aliphatic rings. The summed E-state index contributed by atoms with van der Waals surface area (Å²) in [5.41, 5.74) is 0. The molecule has 82 valence electrons. The van der Waals surface area contributed by atoms with Gasteiger partial charge in [0.2, 0.25) is 0 Å². The molecule has 0 aromatic rings. The van der Waals surface area contributed by atoms with E-state index < -0.39 is 5.97 Å². The largest absolute Gasteiger partial charge is 0.498 e. The average Bonchev–Trinajstić information content (AvgIpc) is 2.47. The van der Waals surface area contributed by atoms with Gasteiger partial charge in [0, 0.05) is 5.92 Å². The molecule has 0 radical (unpaired) electrons. The van der Waals surface area contributed by atoms with Gasteiger partial charge in [-0.1, -0.05) is 6.92 Å². The summed E-state index contributed by atoms with van der Waals surface area (Å²) < 4.78 is 10.1. The van der Waals surface area contributed by atoms with Gasteiger partial charge < -0.3 is 9.47 Å². The second-order valence-electron chi connectivity index (χ2n) is 3.94. The van der Waals surface area contributed by atoms with E-state index in [2.05, 4.69) is 4.74 Å². The molecule has 4 nitrogen and oxygen atoms in total. The van der Waals surface area contributed by atoms with Crippen molar-refractivity contribution in [2.45, 2.75) is 20.3 Å². The summed E-state index contributed by atoms with van der Waals surface area (Å²) >= 11 is 0. The average molecular weight is 210 g/mol. The lowest BCUT2D eigenvalue weighted by atomic mass is 9.77. The first-order chi connectivity index (χ1) is 7.15. The molecule has 0 amide bonds. The van der Waals surface area contributed by atoms with Crippen LogP contribution in [0.15, 0.2) is 11.8 Å². The predicted molar refractivity (Wildman–Crippen MR) is 51.6 cm³/mol. The van der Waals surface area contributed by atoms with Crippen LogP contribution in [0.4, 0.5) is 0 Å². The number of rotatable bonds is 2. The lowest BCUT2D eigenvalue weighted by Crippen LogP contribution is -2.29. The van der Waals surface area contributed by atoms with Crippen molar-refractivity contribution in [2.75, 3.05) is 6.61 Å². The molecule has 1 aliphatic carbocycles. The van der Waals surface area contributed by atoms with Crippen LogP contribution in [0.25, 0.3) is 0 Å². The molecule has 1 saturated heterocycles. The summed E-state index contributed by atoms with van der Waals surface area (Å²) in [6.45, 7) is 4.38. The lowest BCUT2D eigenvalue weighted by molar-refractivity contribution is -0.154. The van der Waals surface area contributed by atoms with E-state index in [1.165, 1.54) is 0 Å². The summed E-state index contributed by atoms with van der Waals surface area (Å²) in [7, 11) is 0. The fraction of sp³-hybridized carbons (Fsp3) is 0.636. The molecule has 0 bridgehead atoms. The van der Waals surface area contributed by atoms with Crippen molar-refractivity contribution in [3.63, 3.8) is 0 Å². The number of fused-ring (bicyclic) bond motifs is 1. The van der Waals surface area contributed by atoms with Gasteiger partial charge >= 0.3 is 11.9 Å². The van der Waals surface area contributed by atoms with Crippen LogP contribution < -0.4 is 0 Å². The monoisotopic (exact) mass is 210 g/mol. The Balaban J connectivity index is 2.23. The van der Waals surface area contributed by atoms with Crippen LogP contribution in [-0.4, -0.2) is 18.5 Å². The smallest absolute Gasteiger partial charge is 0.318 e. The van der Waals surface area contributed by atoms with Crippen LogP contribution >= 0.6 is 0 Å². The van der Waals surface area contributed by atoms with Gasteiger partial charge in [0.25, 0.3) is 0 Å². The lowest BCUT2D eigenvalue weighted by Gasteiger charge is -2.27. The maximum Gasteiger partial charge on any atom is 0.318 e. The molecule has 2 rings (SSSR count). The molecular formula is C11H14O4. The highest BCUT2D eigenvalue weighted by atomic mass is 16.6. The quantitative estimate of drug-likeness (QED) is 0.508. The van der Waals surface area contributed by atoms with Crippen molar-refractivity contribution in [1.29, 1.82) is 0 Å². The number of hydrogen-bond donors (Lipinski definition) is 0. The zero-order chi connectivity index (χ0) is 11.0. The van der Waals surface area contributed by atoms with Gasteiger partial charge in [-0.2, -0.15) is 0 Å². The summed E-state index contributed by atoms with van der Waals surface area (Å²) in [5, 5.41) is 0. The topological polar surface area (TPSA) is 52.6 Å². The third kappa shape index (κ3) is 1.54. The normalized spacial score (nSPS) is 34.5. The van der Waals surface area contributed by atoms with Gasteiger partial charge in [0.05, 0.1) is 24.2 Å². The molecule has 1 aliphatic heterocycles. The number of esters is 2. The number of cyclic esters (lactones) is 2. The van der Waals surface area contributed by atoms with E-state index in [1.54, 1.807) is 0 Å². The number of hydrogen-bond acceptors (Lipinski definition) is 4. The molecule has 0 spiro atoms. The van der Waals surface area contributed by atoms with E-state index in [9.17, 15) is 9.59 Å². The molecule has 4 heteroatoms. The summed E-state index contributed by atoms with van der Waals surface area (Å²) in [5.74, 6) is -0.666. The Kier molecular flexibility index (Phi) is 2.50. The highest BCUT2D eigenvalue weighted by Gasteiger charge is 2.49. The number of ether oxygens (including phenoxy) is 2. The van der Waals surface area contributed by atoms with Gasteiger partial charge in [-0.3, -0.25) is 9.59 Å². The molecule has 0 saturated carbocycles. The molecule has 0 aromatic heterocycles. The second kappa shape index (κ2) is 3.68. The van der Waals surface area contributed by atoms with Crippen molar-refractivity contribution in [2.24, 2.45) is 17.8 Å². The minimum absolute atomic E-state index is 0.0531. The molecule has 3 atom stereocenters. The van der Waals surface area contributed by atoms with Crippen LogP contribution in [0, 0.1) is 17.8 Å². The van der Waals surface area contributed by atoms with Crippen LogP contribution in [-0.2, 0) is 19.1 Å². The van der Waals surface area contributed by atoms with E-state index in [1.807, 2.05) is 19.9 Å². The van der Waals surface area contributed by atoms with Gasteiger partial charge in [-0.05, 0) is 19.4 Å². The van der Waals surface area contributed by atoms with Crippen LogP contribution in [0.5, 0.6) is 0 Å². The van der Waals surface area contributed by atoms with Crippen LogP contribution in [0.3, 0.4) is 0 Å². The Morgan fingerprint density at radius 2 is 2.20 bits per heavy atom. The molecule has 0 aromatic carbocycles. The van der Waals surface area contributed by atoms with E-state index in [0.29, 0.717) is 13.0 Å². The van der Waals surface area contributed by atoms with E-state index in [4.69, 9.17) is 4.74 Å². The zero-order valence-corrected chi connectivity index (χ0v) is 8.86. The summed E-state index contributed by atoms with van der Waals surface area (Å²) in [4.78, 5) is 22.8. The van der Waals surface area contributed by atoms with Gasteiger partial charge in [-0.15, -0.1) is 0 Å². The fourth-order valence-corrected chi connectivity index (χ4v) is 2.31. The van der Waals surface area contributed by atoms with E-state index >= 15 is 0 Å². The summed E-state index contributed by atoms with van der Waals surface area (Å²) in [6.07, 6.45) is 2.45. The Labute approximate surface area is 88.2 Å². The van der Waals surface area contributed by atoms with Crippen molar-refractivity contribution >= 4 is 11.9 Å². The maximum atomic E-state index is 11.5. The highest BCUT2D eigenvalue weighted by molar-refractivity contribution is 5.97. The third-order valence-corrected chi connectivity index (χ3v) is 3.08. The Hall–Kier alpha value is -1.32. The van der Waals surface area contributed by atoms with E-state index in [-0.39, 0.29) is 23.7 Å². The van der Waals surface area contributed by atoms with Gasteiger partial charge in [0.15, 0.2) is 0 Å². The third-order valence-electron chi connectivity index (χ3n) is 3.08. The number of carbonyl (C=O) groups is 2. The SMILES string of the molecule is CCOC1=CC[C@H]2C(=O)OC(=O)[C@@H]2[C@@H]1C. The summed E-state index contributed by atoms with van der Waals surface area (Å²) in [6, 6.07) is 0. The van der Waals surface area contributed by atoms with Crippen LogP contribution in [0.1, 0.15) is 20.3 Å². The molecule has 0 unspecified atom stereocenters. The Morgan fingerprint density at radius 3 is 2.87 bits per heavy atom. The second-order valence-corrected chi connectivity index (χ2v) is 3.94. The van der Waals surface area contributed by atoms with Gasteiger partial charge in [-0.25, -0.2) is 0 Å². The highest BCUT2D eigenvalue weighted by Crippen LogP contribution is 2.40. The number of allylic oxidation sites excluding steroid dienone is 2. The van der Waals surface area contributed by atoms with Crippen molar-refractivity contribution < 1.29 is 19.1 Å². The minimum atomic E-state index is -0.400. The maximum absolute atomic E-state index is 11.5. The molecule has 0 N–H and O–H groups in total. The van der Waals surface area contributed by atoms with Gasteiger partial charge in [0.1, 0.15) is 0 Å². The van der Waals surface area contributed by atoms with Crippen LogP contribution in [0.2, 0.25) is 0 Å². The Bertz CT molecular complexity index is 331. The number of carbonyl (C=O) groups excluding carboxylic acids is 2. The fourth-order valence-electron chi connectivity index (χ4n) is 2.31. The van der Waals surface area contributed by atoms with E-state index in [0.717, 1.165) is 5.76 Å². The minimum Gasteiger partial charge on any atom is -0.498 e. The van der Waals surface area contributed by atoms with Crippen molar-refractivity contribution in [3.05, 3.63) is 11.8 Å². The standard InChI is InChI=1S/C11H14O4/c1-3-14-8-5-4-7-9(6(8)2)11(13)15-10(7)12/h5-7,9H,3-4H2,1-2H3/t6-,7-,9-/m1/s1. The molecule has 1 heterocycles. The molecule has 1 fully saturated rings. The van der Waals surface area contributed by atoms with Crippen molar-refractivity contribution in [1.82, 2.24) is 0 Å². The first-order valence-corrected chi connectivity index (χ1v) is 5.23. The Morgan fingerprint density at radius 1 is 1.47 bits per heavy atom.